The molecule has 0 aliphatic carbocycles. The first-order valence-electron chi connectivity index (χ1n) is 3.51. The summed E-state index contributed by atoms with van der Waals surface area (Å²) in [4.78, 5) is 10.9. The molecule has 0 saturated carbocycles. The average molecular weight is 145 g/mol. The van der Waals surface area contributed by atoms with E-state index in [9.17, 15) is 4.79 Å². The van der Waals surface area contributed by atoms with Crippen molar-refractivity contribution >= 4 is 5.97 Å². The van der Waals surface area contributed by atoms with Gasteiger partial charge in [0.05, 0.1) is 12.5 Å². The first kappa shape index (κ1) is 9.43. The number of carbonyl (C=O) groups excluding carboxylic acids is 1. The fraction of sp³-hybridized carbons (Fsp3) is 0.857. The van der Waals surface area contributed by atoms with E-state index in [1.165, 1.54) is 0 Å². The molecule has 3 heteroatoms. The van der Waals surface area contributed by atoms with Crippen molar-refractivity contribution in [2.24, 2.45) is 11.7 Å². The predicted molar refractivity (Wildman–Crippen MR) is 39.4 cm³/mol. The second kappa shape index (κ2) is 4.28. The molecule has 0 fully saturated rings. The van der Waals surface area contributed by atoms with Crippen LogP contribution in [0.3, 0.4) is 0 Å². The van der Waals surface area contributed by atoms with Gasteiger partial charge in [-0.25, -0.2) is 0 Å². The average Bonchev–Trinajstić information content (AvgIpc) is 1.87. The molecule has 0 radical (unpaired) electrons. The molecule has 0 aliphatic rings. The molecule has 0 spiro atoms. The summed E-state index contributed by atoms with van der Waals surface area (Å²) in [5, 5.41) is 0. The van der Waals surface area contributed by atoms with Crippen molar-refractivity contribution in [2.45, 2.75) is 26.8 Å². The molecule has 10 heavy (non-hydrogen) atoms. The van der Waals surface area contributed by atoms with Gasteiger partial charge in [0, 0.05) is 6.04 Å². The van der Waals surface area contributed by atoms with Gasteiger partial charge in [0.25, 0.3) is 0 Å². The summed E-state index contributed by atoms with van der Waals surface area (Å²) in [6.45, 7) is 5.77. The molecule has 60 valence electrons. The second-order valence-electron chi connectivity index (χ2n) is 2.40. The lowest BCUT2D eigenvalue weighted by atomic mass is 10.1. The fourth-order valence-corrected chi connectivity index (χ4v) is 0.488. The maximum absolute atomic E-state index is 10.9. The number of hydrogen-bond acceptors (Lipinski definition) is 3. The van der Waals surface area contributed by atoms with Crippen molar-refractivity contribution in [1.29, 1.82) is 0 Å². The summed E-state index contributed by atoms with van der Waals surface area (Å²) < 4.78 is 4.75. The molecule has 3 nitrogen and oxygen atoms in total. The van der Waals surface area contributed by atoms with Gasteiger partial charge >= 0.3 is 5.97 Å². The van der Waals surface area contributed by atoms with E-state index in [1.807, 2.05) is 0 Å². The quantitative estimate of drug-likeness (QED) is 0.589. The van der Waals surface area contributed by atoms with E-state index >= 15 is 0 Å². The molecule has 0 heterocycles. The predicted octanol–water partition coefficient (Wildman–Crippen LogP) is 0.533. The third kappa shape index (κ3) is 2.82. The van der Waals surface area contributed by atoms with Crippen LogP contribution in [0.15, 0.2) is 0 Å². The van der Waals surface area contributed by atoms with Crippen LogP contribution in [0.25, 0.3) is 0 Å². The van der Waals surface area contributed by atoms with E-state index < -0.39 is 0 Å². The van der Waals surface area contributed by atoms with E-state index in [0.29, 0.717) is 6.61 Å². The highest BCUT2D eigenvalue weighted by molar-refractivity contribution is 5.72. The molecule has 0 saturated heterocycles. The molecule has 0 rings (SSSR count). The van der Waals surface area contributed by atoms with Crippen LogP contribution in [-0.4, -0.2) is 18.6 Å². The van der Waals surface area contributed by atoms with Crippen LogP contribution in [0.4, 0.5) is 0 Å². The molecular weight excluding hydrogens is 130 g/mol. The van der Waals surface area contributed by atoms with Crippen LogP contribution in [-0.2, 0) is 9.53 Å². The minimum atomic E-state index is -0.211. The third-order valence-corrected chi connectivity index (χ3v) is 1.45. The van der Waals surface area contributed by atoms with Crippen molar-refractivity contribution < 1.29 is 9.53 Å². The Morgan fingerprint density at radius 3 is 2.40 bits per heavy atom. The highest BCUT2D eigenvalue weighted by atomic mass is 16.5. The summed E-state index contributed by atoms with van der Waals surface area (Å²) in [5.74, 6) is -0.405. The number of hydrogen-bond donors (Lipinski definition) is 1. The lowest BCUT2D eigenvalue weighted by Crippen LogP contribution is -2.31. The van der Waals surface area contributed by atoms with Crippen LogP contribution in [0.2, 0.25) is 0 Å². The van der Waals surface area contributed by atoms with Crippen LogP contribution in [0, 0.1) is 5.92 Å². The van der Waals surface area contributed by atoms with Gasteiger partial charge in [-0.15, -0.1) is 0 Å². The Kier molecular flexibility index (Phi) is 4.03. The topological polar surface area (TPSA) is 52.3 Å². The van der Waals surface area contributed by atoms with Gasteiger partial charge < -0.3 is 10.5 Å². The van der Waals surface area contributed by atoms with Crippen molar-refractivity contribution in [3.63, 3.8) is 0 Å². The smallest absolute Gasteiger partial charge is 0.310 e. The Bertz CT molecular complexity index is 112. The molecule has 2 N–H and O–H groups in total. The van der Waals surface area contributed by atoms with Crippen LogP contribution < -0.4 is 5.73 Å². The summed E-state index contributed by atoms with van der Waals surface area (Å²) in [5.41, 5.74) is 5.47. The number of carbonyl (C=O) groups is 1. The zero-order valence-electron chi connectivity index (χ0n) is 6.76. The first-order chi connectivity index (χ1) is 4.59. The molecule has 0 amide bonds. The molecule has 1 unspecified atom stereocenters. The molecule has 0 aromatic carbocycles. The van der Waals surface area contributed by atoms with Crippen molar-refractivity contribution in [2.75, 3.05) is 6.61 Å². The number of nitrogens with two attached hydrogens (primary N) is 1. The standard InChI is InChI=1S/C7H15NO2/c1-4-10-7(9)5(2)6(3)8/h5-6H,4,8H2,1-3H3/t5?,6-/m1/s1. The first-order valence-corrected chi connectivity index (χ1v) is 3.51. The molecule has 0 aliphatic heterocycles. The van der Waals surface area contributed by atoms with Gasteiger partial charge in [-0.05, 0) is 13.8 Å². The zero-order chi connectivity index (χ0) is 8.15. The van der Waals surface area contributed by atoms with Gasteiger partial charge in [0.2, 0.25) is 0 Å². The summed E-state index contributed by atoms with van der Waals surface area (Å²) in [7, 11) is 0. The molecule has 0 aromatic heterocycles. The largest absolute Gasteiger partial charge is 0.466 e. The molecule has 0 aromatic rings. The lowest BCUT2D eigenvalue weighted by Gasteiger charge is -2.12. The number of esters is 1. The van der Waals surface area contributed by atoms with Gasteiger partial charge in [-0.3, -0.25) is 4.79 Å². The van der Waals surface area contributed by atoms with Crippen molar-refractivity contribution in [3.05, 3.63) is 0 Å². The minimum Gasteiger partial charge on any atom is -0.466 e. The minimum absolute atomic E-state index is 0.126. The Labute approximate surface area is 61.5 Å². The van der Waals surface area contributed by atoms with Gasteiger partial charge in [-0.1, -0.05) is 6.92 Å². The lowest BCUT2D eigenvalue weighted by molar-refractivity contribution is -0.147. The highest BCUT2D eigenvalue weighted by Gasteiger charge is 2.17. The van der Waals surface area contributed by atoms with E-state index in [0.717, 1.165) is 0 Å². The Morgan fingerprint density at radius 2 is 2.10 bits per heavy atom. The van der Waals surface area contributed by atoms with Crippen molar-refractivity contribution in [1.82, 2.24) is 0 Å². The van der Waals surface area contributed by atoms with E-state index in [-0.39, 0.29) is 17.9 Å². The molecule has 0 bridgehead atoms. The van der Waals surface area contributed by atoms with Crippen LogP contribution in [0.1, 0.15) is 20.8 Å². The molecule has 2 atom stereocenters. The maximum Gasteiger partial charge on any atom is 0.310 e. The van der Waals surface area contributed by atoms with E-state index in [4.69, 9.17) is 10.5 Å². The Morgan fingerprint density at radius 1 is 1.60 bits per heavy atom. The maximum atomic E-state index is 10.9. The Balaban J connectivity index is 3.71. The van der Waals surface area contributed by atoms with E-state index in [2.05, 4.69) is 0 Å². The Hall–Kier alpha value is -0.570. The van der Waals surface area contributed by atoms with Gasteiger partial charge in [0.1, 0.15) is 0 Å². The van der Waals surface area contributed by atoms with Crippen molar-refractivity contribution in [3.8, 4) is 0 Å². The molecular formula is C7H15NO2. The highest BCUT2D eigenvalue weighted by Crippen LogP contribution is 2.01. The monoisotopic (exact) mass is 145 g/mol. The number of rotatable bonds is 3. The normalized spacial score (nSPS) is 16.0. The van der Waals surface area contributed by atoms with E-state index in [1.54, 1.807) is 20.8 Å². The third-order valence-electron chi connectivity index (χ3n) is 1.45. The van der Waals surface area contributed by atoms with Crippen LogP contribution >= 0.6 is 0 Å². The van der Waals surface area contributed by atoms with Gasteiger partial charge in [-0.2, -0.15) is 0 Å². The second-order valence-corrected chi connectivity index (χ2v) is 2.40. The van der Waals surface area contributed by atoms with Crippen LogP contribution in [0.5, 0.6) is 0 Å². The number of ether oxygens (including phenoxy) is 1. The van der Waals surface area contributed by atoms with Gasteiger partial charge in [0.15, 0.2) is 0 Å². The summed E-state index contributed by atoms with van der Waals surface area (Å²) in [6, 6.07) is -0.126. The fourth-order valence-electron chi connectivity index (χ4n) is 0.488. The SMILES string of the molecule is CCOC(=O)C(C)[C@@H](C)N. The summed E-state index contributed by atoms with van der Waals surface area (Å²) >= 11 is 0. The summed E-state index contributed by atoms with van der Waals surface area (Å²) in [6.07, 6.45) is 0. The zero-order valence-corrected chi connectivity index (χ0v) is 6.76.